The van der Waals surface area contributed by atoms with E-state index in [2.05, 4.69) is 5.32 Å². The summed E-state index contributed by atoms with van der Waals surface area (Å²) in [5, 5.41) is 2.75. The van der Waals surface area contributed by atoms with Gasteiger partial charge in [0, 0.05) is 12.2 Å². The second-order valence-corrected chi connectivity index (χ2v) is 8.95. The number of nitrogens with zero attached hydrogens (tertiary/aromatic N) is 1. The molecule has 0 radical (unpaired) electrons. The number of sulfonamides is 1. The highest BCUT2D eigenvalue weighted by atomic mass is 32.2. The van der Waals surface area contributed by atoms with E-state index in [-0.39, 0.29) is 17.4 Å². The predicted octanol–water partition coefficient (Wildman–Crippen LogP) is 3.76. The van der Waals surface area contributed by atoms with E-state index in [9.17, 15) is 13.2 Å². The summed E-state index contributed by atoms with van der Waals surface area (Å²) in [6.45, 7) is 2.03. The topological polar surface area (TPSA) is 75.7 Å². The van der Waals surface area contributed by atoms with Crippen molar-refractivity contribution in [3.63, 3.8) is 0 Å². The number of amides is 1. The van der Waals surface area contributed by atoms with Gasteiger partial charge < -0.3 is 10.1 Å². The van der Waals surface area contributed by atoms with Gasteiger partial charge in [0.25, 0.3) is 15.9 Å². The molecule has 3 aromatic carbocycles. The maximum Gasteiger partial charge on any atom is 0.264 e. The molecule has 7 heteroatoms. The number of aryl methyl sites for hydroxylation is 1. The van der Waals surface area contributed by atoms with Crippen LogP contribution in [-0.2, 0) is 21.2 Å². The average molecular weight is 423 g/mol. The molecule has 1 aliphatic rings. The van der Waals surface area contributed by atoms with Crippen LogP contribution >= 0.6 is 0 Å². The Kier molecular flexibility index (Phi) is 5.46. The Morgan fingerprint density at radius 2 is 1.77 bits per heavy atom. The van der Waals surface area contributed by atoms with Crippen LogP contribution in [0.5, 0.6) is 5.75 Å². The molecule has 30 heavy (non-hydrogen) atoms. The van der Waals surface area contributed by atoms with E-state index in [4.69, 9.17) is 4.74 Å². The van der Waals surface area contributed by atoms with Gasteiger partial charge in [0.15, 0.2) is 6.61 Å². The van der Waals surface area contributed by atoms with Gasteiger partial charge in [-0.1, -0.05) is 36.4 Å². The van der Waals surface area contributed by atoms with Crippen LogP contribution in [-0.4, -0.2) is 27.5 Å². The van der Waals surface area contributed by atoms with E-state index >= 15 is 0 Å². The lowest BCUT2D eigenvalue weighted by molar-refractivity contribution is -0.118. The summed E-state index contributed by atoms with van der Waals surface area (Å²) in [4.78, 5) is 12.3. The maximum atomic E-state index is 13.2. The molecule has 0 saturated heterocycles. The molecule has 0 aliphatic carbocycles. The first-order chi connectivity index (χ1) is 14.4. The molecular weight excluding hydrogens is 400 g/mol. The number of fused-ring (bicyclic) bond motifs is 1. The molecule has 0 spiro atoms. The van der Waals surface area contributed by atoms with Crippen molar-refractivity contribution in [3.8, 4) is 5.75 Å². The SMILES string of the molecule is Cc1cc(S(=O)(=O)N2CCc3ccccc32)ccc1OCC(=O)Nc1ccccc1. The van der Waals surface area contributed by atoms with Crippen LogP contribution in [0.2, 0.25) is 0 Å². The van der Waals surface area contributed by atoms with Crippen LogP contribution < -0.4 is 14.4 Å². The zero-order valence-corrected chi connectivity index (χ0v) is 17.4. The number of para-hydroxylation sites is 2. The van der Waals surface area contributed by atoms with E-state index < -0.39 is 10.0 Å². The number of nitrogens with one attached hydrogen (secondary N) is 1. The average Bonchev–Trinajstić information content (AvgIpc) is 3.18. The maximum absolute atomic E-state index is 13.2. The number of rotatable bonds is 6. The van der Waals surface area contributed by atoms with Gasteiger partial charge in [0.05, 0.1) is 10.6 Å². The van der Waals surface area contributed by atoms with E-state index in [1.165, 1.54) is 10.4 Å². The van der Waals surface area contributed by atoms with Crippen LogP contribution in [0.15, 0.2) is 77.7 Å². The number of hydrogen-bond acceptors (Lipinski definition) is 4. The molecular formula is C23H22N2O4S. The summed E-state index contributed by atoms with van der Waals surface area (Å²) in [6.07, 6.45) is 0.701. The van der Waals surface area contributed by atoms with Crippen molar-refractivity contribution in [1.29, 1.82) is 0 Å². The summed E-state index contributed by atoms with van der Waals surface area (Å²) in [5.41, 5.74) is 3.10. The van der Waals surface area contributed by atoms with Gasteiger partial charge in [-0.05, 0) is 60.9 Å². The number of carbonyl (C=O) groups is 1. The Labute approximate surface area is 176 Å². The fraction of sp³-hybridized carbons (Fsp3) is 0.174. The van der Waals surface area contributed by atoms with Gasteiger partial charge >= 0.3 is 0 Å². The smallest absolute Gasteiger partial charge is 0.264 e. The minimum Gasteiger partial charge on any atom is -0.483 e. The second kappa shape index (κ2) is 8.20. The molecule has 1 amide bonds. The summed E-state index contributed by atoms with van der Waals surface area (Å²) in [7, 11) is -3.66. The van der Waals surface area contributed by atoms with Gasteiger partial charge in [-0.2, -0.15) is 0 Å². The quantitative estimate of drug-likeness (QED) is 0.656. The second-order valence-electron chi connectivity index (χ2n) is 7.09. The van der Waals surface area contributed by atoms with Gasteiger partial charge in [-0.15, -0.1) is 0 Å². The van der Waals surface area contributed by atoms with Crippen molar-refractivity contribution in [2.45, 2.75) is 18.2 Å². The minimum atomic E-state index is -3.66. The van der Waals surface area contributed by atoms with Crippen molar-refractivity contribution in [3.05, 3.63) is 83.9 Å². The van der Waals surface area contributed by atoms with Crippen LogP contribution in [0.4, 0.5) is 11.4 Å². The third-order valence-corrected chi connectivity index (χ3v) is 6.80. The monoisotopic (exact) mass is 422 g/mol. The lowest BCUT2D eigenvalue weighted by Gasteiger charge is -2.20. The zero-order valence-electron chi connectivity index (χ0n) is 16.5. The fourth-order valence-electron chi connectivity index (χ4n) is 3.49. The standard InChI is InChI=1S/C23H22N2O4S/c1-17-15-20(30(27,28)25-14-13-18-7-5-6-10-21(18)25)11-12-22(17)29-16-23(26)24-19-8-3-2-4-9-19/h2-12,15H,13-14,16H2,1H3,(H,24,26). The third-order valence-electron chi connectivity index (χ3n) is 5.00. The molecule has 4 rings (SSSR count). The van der Waals surface area contributed by atoms with Crippen LogP contribution in [0, 0.1) is 6.92 Å². The fourth-order valence-corrected chi connectivity index (χ4v) is 5.08. The molecule has 0 saturated carbocycles. The Morgan fingerprint density at radius 1 is 1.03 bits per heavy atom. The van der Waals surface area contributed by atoms with Gasteiger partial charge in [0.2, 0.25) is 0 Å². The predicted molar refractivity (Wildman–Crippen MR) is 116 cm³/mol. The summed E-state index contributed by atoms with van der Waals surface area (Å²) < 4.78 is 33.4. The van der Waals surface area contributed by atoms with Crippen molar-refractivity contribution in [2.24, 2.45) is 0 Å². The van der Waals surface area contributed by atoms with Crippen molar-refractivity contribution in [2.75, 3.05) is 22.8 Å². The molecule has 3 aromatic rings. The summed E-state index contributed by atoms with van der Waals surface area (Å²) in [5.74, 6) is 0.185. The van der Waals surface area contributed by atoms with E-state index in [1.54, 1.807) is 31.2 Å². The largest absolute Gasteiger partial charge is 0.483 e. The van der Waals surface area contributed by atoms with E-state index in [1.807, 2.05) is 42.5 Å². The molecule has 1 N–H and O–H groups in total. The van der Waals surface area contributed by atoms with Crippen molar-refractivity contribution in [1.82, 2.24) is 0 Å². The summed E-state index contributed by atoms with van der Waals surface area (Å²) in [6, 6.07) is 21.4. The number of carbonyl (C=O) groups excluding carboxylic acids is 1. The van der Waals surface area contributed by atoms with Crippen LogP contribution in [0.25, 0.3) is 0 Å². The normalized spacial score (nSPS) is 13.0. The van der Waals surface area contributed by atoms with E-state index in [0.717, 1.165) is 11.3 Å². The van der Waals surface area contributed by atoms with Crippen LogP contribution in [0.3, 0.4) is 0 Å². The Hall–Kier alpha value is -3.32. The first kappa shape index (κ1) is 20.0. The summed E-state index contributed by atoms with van der Waals surface area (Å²) >= 11 is 0. The highest BCUT2D eigenvalue weighted by molar-refractivity contribution is 7.92. The molecule has 0 atom stereocenters. The van der Waals surface area contributed by atoms with Gasteiger partial charge in [-0.3, -0.25) is 9.10 Å². The molecule has 1 heterocycles. The Morgan fingerprint density at radius 3 is 2.53 bits per heavy atom. The highest BCUT2D eigenvalue weighted by Crippen LogP contribution is 2.33. The molecule has 154 valence electrons. The van der Waals surface area contributed by atoms with Crippen molar-refractivity contribution >= 4 is 27.3 Å². The molecule has 1 aliphatic heterocycles. The third kappa shape index (κ3) is 4.02. The zero-order chi connectivity index (χ0) is 21.1. The minimum absolute atomic E-state index is 0.165. The number of anilines is 2. The highest BCUT2D eigenvalue weighted by Gasteiger charge is 2.30. The Bertz CT molecular complexity index is 1180. The van der Waals surface area contributed by atoms with Crippen molar-refractivity contribution < 1.29 is 17.9 Å². The Balaban J connectivity index is 1.46. The molecule has 6 nitrogen and oxygen atoms in total. The van der Waals surface area contributed by atoms with Crippen LogP contribution in [0.1, 0.15) is 11.1 Å². The van der Waals surface area contributed by atoms with Gasteiger partial charge in [0.1, 0.15) is 5.75 Å². The number of benzene rings is 3. The molecule has 0 fully saturated rings. The van der Waals surface area contributed by atoms with Gasteiger partial charge in [-0.25, -0.2) is 8.42 Å². The van der Waals surface area contributed by atoms with E-state index in [0.29, 0.717) is 30.0 Å². The lowest BCUT2D eigenvalue weighted by atomic mass is 10.2. The molecule has 0 unspecified atom stereocenters. The molecule has 0 aromatic heterocycles. The molecule has 0 bridgehead atoms. The first-order valence-corrected chi connectivity index (χ1v) is 11.1. The number of hydrogen-bond donors (Lipinski definition) is 1. The first-order valence-electron chi connectivity index (χ1n) is 9.64. The lowest BCUT2D eigenvalue weighted by Crippen LogP contribution is -2.29. The number of ether oxygens (including phenoxy) is 1.